The number of hydrogen-bond acceptors (Lipinski definition) is 5. The number of aromatic nitrogens is 2. The molecular weight excluding hydrogens is 316 g/mol. The normalized spacial score (nSPS) is 15.5. The molecule has 1 unspecified atom stereocenters. The number of nitrogens with zero attached hydrogens (tertiary/aromatic N) is 3. The molecule has 0 radical (unpaired) electrons. The average Bonchev–Trinajstić information content (AvgIpc) is 2.68. The minimum atomic E-state index is 0.0660. The zero-order valence-corrected chi connectivity index (χ0v) is 14.5. The molecule has 3 rings (SSSR count). The fraction of sp³-hybridized carbons (Fsp3) is 0.421. The predicted octanol–water partition coefficient (Wildman–Crippen LogP) is 3.04. The van der Waals surface area contributed by atoms with Gasteiger partial charge in [-0.2, -0.15) is 0 Å². The van der Waals surface area contributed by atoms with Crippen molar-refractivity contribution < 1.29 is 9.53 Å². The maximum absolute atomic E-state index is 12.2. The van der Waals surface area contributed by atoms with Crippen LogP contribution < -0.4 is 10.1 Å². The SMILES string of the molecule is CC(Nc1ccncn1)c1cccc(OCC(=O)N2CCCCC2)c1. The summed E-state index contributed by atoms with van der Waals surface area (Å²) in [6.45, 7) is 3.85. The lowest BCUT2D eigenvalue weighted by Gasteiger charge is -2.26. The van der Waals surface area contributed by atoms with E-state index in [1.807, 2.05) is 35.2 Å². The minimum absolute atomic E-state index is 0.0660. The van der Waals surface area contributed by atoms with Gasteiger partial charge >= 0.3 is 0 Å². The molecule has 1 aliphatic heterocycles. The maximum Gasteiger partial charge on any atom is 0.260 e. The first-order chi connectivity index (χ1) is 12.2. The molecule has 0 spiro atoms. The van der Waals surface area contributed by atoms with Gasteiger partial charge in [-0.1, -0.05) is 12.1 Å². The fourth-order valence-corrected chi connectivity index (χ4v) is 2.93. The second-order valence-corrected chi connectivity index (χ2v) is 6.26. The molecular formula is C19H24N4O2. The second-order valence-electron chi connectivity index (χ2n) is 6.26. The molecule has 132 valence electrons. The number of amides is 1. The summed E-state index contributed by atoms with van der Waals surface area (Å²) in [7, 11) is 0. The highest BCUT2D eigenvalue weighted by molar-refractivity contribution is 5.77. The van der Waals surface area contributed by atoms with Crippen molar-refractivity contribution in [1.82, 2.24) is 14.9 Å². The third kappa shape index (κ3) is 4.92. The second kappa shape index (κ2) is 8.46. The van der Waals surface area contributed by atoms with Crippen LogP contribution in [0.1, 0.15) is 37.8 Å². The summed E-state index contributed by atoms with van der Waals surface area (Å²) in [5.41, 5.74) is 1.07. The van der Waals surface area contributed by atoms with Gasteiger partial charge < -0.3 is 15.0 Å². The van der Waals surface area contributed by atoms with Crippen LogP contribution in [0.2, 0.25) is 0 Å². The first kappa shape index (κ1) is 17.2. The van der Waals surface area contributed by atoms with Gasteiger partial charge in [0.15, 0.2) is 6.61 Å². The lowest BCUT2D eigenvalue weighted by molar-refractivity contribution is -0.134. The summed E-state index contributed by atoms with van der Waals surface area (Å²) >= 11 is 0. The molecule has 6 nitrogen and oxygen atoms in total. The number of anilines is 1. The minimum Gasteiger partial charge on any atom is -0.484 e. The largest absolute Gasteiger partial charge is 0.484 e. The Bertz CT molecular complexity index is 687. The van der Waals surface area contributed by atoms with Crippen molar-refractivity contribution >= 4 is 11.7 Å². The van der Waals surface area contributed by atoms with Gasteiger partial charge in [0.2, 0.25) is 0 Å². The van der Waals surface area contributed by atoms with E-state index in [-0.39, 0.29) is 18.6 Å². The van der Waals surface area contributed by atoms with E-state index in [1.165, 1.54) is 12.7 Å². The Morgan fingerprint density at radius 1 is 1.28 bits per heavy atom. The number of piperidine rings is 1. The molecule has 1 N–H and O–H groups in total. The molecule has 1 saturated heterocycles. The summed E-state index contributed by atoms with van der Waals surface area (Å²) in [6.07, 6.45) is 6.61. The van der Waals surface area contributed by atoms with Crippen molar-refractivity contribution in [3.63, 3.8) is 0 Å². The summed E-state index contributed by atoms with van der Waals surface area (Å²) in [5.74, 6) is 1.55. The lowest BCUT2D eigenvalue weighted by atomic mass is 10.1. The average molecular weight is 340 g/mol. The number of likely N-dealkylation sites (tertiary alicyclic amines) is 1. The van der Waals surface area contributed by atoms with Gasteiger partial charge in [-0.05, 0) is 49.9 Å². The van der Waals surface area contributed by atoms with E-state index >= 15 is 0 Å². The van der Waals surface area contributed by atoms with Gasteiger partial charge in [0.25, 0.3) is 5.91 Å². The van der Waals surface area contributed by atoms with Gasteiger partial charge in [0.1, 0.15) is 17.9 Å². The molecule has 1 atom stereocenters. The zero-order valence-electron chi connectivity index (χ0n) is 14.5. The van der Waals surface area contributed by atoms with Gasteiger partial charge in [-0.3, -0.25) is 4.79 Å². The van der Waals surface area contributed by atoms with Crippen molar-refractivity contribution in [2.24, 2.45) is 0 Å². The molecule has 2 heterocycles. The van der Waals surface area contributed by atoms with Crippen molar-refractivity contribution in [2.45, 2.75) is 32.2 Å². The number of nitrogens with one attached hydrogen (secondary N) is 1. The van der Waals surface area contributed by atoms with Crippen molar-refractivity contribution in [3.05, 3.63) is 48.4 Å². The Balaban J connectivity index is 1.56. The van der Waals surface area contributed by atoms with Crippen LogP contribution in [0, 0.1) is 0 Å². The van der Waals surface area contributed by atoms with Crippen LogP contribution in [0.3, 0.4) is 0 Å². The van der Waals surface area contributed by atoms with Gasteiger partial charge in [0, 0.05) is 19.3 Å². The van der Waals surface area contributed by atoms with Crippen molar-refractivity contribution in [3.8, 4) is 5.75 Å². The summed E-state index contributed by atoms with van der Waals surface area (Å²) in [4.78, 5) is 22.2. The number of hydrogen-bond donors (Lipinski definition) is 1. The smallest absolute Gasteiger partial charge is 0.260 e. The van der Waals surface area contributed by atoms with E-state index in [0.717, 1.165) is 37.3 Å². The number of carbonyl (C=O) groups is 1. The highest BCUT2D eigenvalue weighted by Gasteiger charge is 2.17. The number of benzene rings is 1. The Morgan fingerprint density at radius 2 is 2.12 bits per heavy atom. The van der Waals surface area contributed by atoms with E-state index in [4.69, 9.17) is 4.74 Å². The molecule has 1 aromatic heterocycles. The van der Waals surface area contributed by atoms with Crippen molar-refractivity contribution in [2.75, 3.05) is 25.0 Å². The van der Waals surface area contributed by atoms with E-state index in [0.29, 0.717) is 5.75 Å². The van der Waals surface area contributed by atoms with E-state index in [9.17, 15) is 4.79 Å². The Kier molecular flexibility index (Phi) is 5.82. The molecule has 2 aromatic rings. The third-order valence-corrected chi connectivity index (χ3v) is 4.38. The molecule has 0 saturated carbocycles. The molecule has 0 bridgehead atoms. The molecule has 0 aliphatic carbocycles. The Labute approximate surface area is 148 Å². The fourth-order valence-electron chi connectivity index (χ4n) is 2.93. The standard InChI is InChI=1S/C19H24N4O2/c1-15(22-18-8-9-20-14-21-18)16-6-5-7-17(12-16)25-13-19(24)23-10-3-2-4-11-23/h5-9,12,14-15H,2-4,10-11,13H2,1H3,(H,20,21,22). The van der Waals surface area contributed by atoms with Crippen LogP contribution in [-0.2, 0) is 4.79 Å². The Hall–Kier alpha value is -2.63. The van der Waals surface area contributed by atoms with Gasteiger partial charge in [-0.25, -0.2) is 9.97 Å². The quantitative estimate of drug-likeness (QED) is 0.875. The predicted molar refractivity (Wildman–Crippen MR) is 96.4 cm³/mol. The first-order valence-electron chi connectivity index (χ1n) is 8.75. The Morgan fingerprint density at radius 3 is 2.88 bits per heavy atom. The molecule has 1 aliphatic rings. The lowest BCUT2D eigenvalue weighted by Crippen LogP contribution is -2.38. The third-order valence-electron chi connectivity index (χ3n) is 4.38. The highest BCUT2D eigenvalue weighted by atomic mass is 16.5. The monoisotopic (exact) mass is 340 g/mol. The summed E-state index contributed by atoms with van der Waals surface area (Å²) in [6, 6.07) is 9.70. The number of rotatable bonds is 6. The van der Waals surface area contributed by atoms with Crippen LogP contribution in [-0.4, -0.2) is 40.5 Å². The molecule has 25 heavy (non-hydrogen) atoms. The summed E-state index contributed by atoms with van der Waals surface area (Å²) in [5, 5.41) is 3.32. The number of carbonyl (C=O) groups excluding carboxylic acids is 1. The van der Waals surface area contributed by atoms with E-state index in [1.54, 1.807) is 6.20 Å². The van der Waals surface area contributed by atoms with Crippen LogP contribution >= 0.6 is 0 Å². The van der Waals surface area contributed by atoms with Gasteiger partial charge in [0.05, 0.1) is 6.04 Å². The molecule has 1 fully saturated rings. The first-order valence-corrected chi connectivity index (χ1v) is 8.75. The highest BCUT2D eigenvalue weighted by Crippen LogP contribution is 2.22. The van der Waals surface area contributed by atoms with Crippen LogP contribution in [0.25, 0.3) is 0 Å². The van der Waals surface area contributed by atoms with Crippen LogP contribution in [0.4, 0.5) is 5.82 Å². The van der Waals surface area contributed by atoms with Crippen LogP contribution in [0.15, 0.2) is 42.9 Å². The molecule has 1 amide bonds. The zero-order chi connectivity index (χ0) is 17.5. The van der Waals surface area contributed by atoms with E-state index < -0.39 is 0 Å². The molecule has 6 heteroatoms. The van der Waals surface area contributed by atoms with Gasteiger partial charge in [-0.15, -0.1) is 0 Å². The maximum atomic E-state index is 12.2. The topological polar surface area (TPSA) is 67.4 Å². The molecule has 1 aromatic carbocycles. The van der Waals surface area contributed by atoms with Crippen molar-refractivity contribution in [1.29, 1.82) is 0 Å². The number of ether oxygens (including phenoxy) is 1. The van der Waals surface area contributed by atoms with Crippen LogP contribution in [0.5, 0.6) is 5.75 Å². The van der Waals surface area contributed by atoms with E-state index in [2.05, 4.69) is 22.2 Å². The summed E-state index contributed by atoms with van der Waals surface area (Å²) < 4.78 is 5.72.